The van der Waals surface area contributed by atoms with Crippen LogP contribution in [0.3, 0.4) is 0 Å². The predicted molar refractivity (Wildman–Crippen MR) is 69.4 cm³/mol. The van der Waals surface area contributed by atoms with Gasteiger partial charge < -0.3 is 10.1 Å². The van der Waals surface area contributed by atoms with Gasteiger partial charge in [0.1, 0.15) is 0 Å². The lowest BCUT2D eigenvalue weighted by Gasteiger charge is -2.11. The molecule has 1 aromatic rings. The molecular weight excluding hydrogens is 272 g/mol. The molecule has 1 aromatic carbocycles. The standard InChI is InChI=1S/C12H13ClN2O4/c13-11-6-8(15(17)18)3-4-10(11)12(16)14-7-9-2-1-5-19-9/h3-4,6,9H,1-2,5,7H2,(H,14,16)/t9-/m1/s1. The molecule has 1 aliphatic rings. The monoisotopic (exact) mass is 284 g/mol. The number of nitrogens with zero attached hydrogens (tertiary/aromatic N) is 1. The number of amides is 1. The molecule has 0 radical (unpaired) electrons. The third-order valence-electron chi connectivity index (χ3n) is 2.92. The first-order valence-corrected chi connectivity index (χ1v) is 6.29. The van der Waals surface area contributed by atoms with Gasteiger partial charge in [-0.15, -0.1) is 0 Å². The summed E-state index contributed by atoms with van der Waals surface area (Å²) in [4.78, 5) is 21.9. The van der Waals surface area contributed by atoms with Crippen LogP contribution in [0.2, 0.25) is 5.02 Å². The topological polar surface area (TPSA) is 81.5 Å². The van der Waals surface area contributed by atoms with Crippen LogP contribution in [0, 0.1) is 10.1 Å². The highest BCUT2D eigenvalue weighted by Crippen LogP contribution is 2.22. The van der Waals surface area contributed by atoms with Crippen molar-refractivity contribution < 1.29 is 14.5 Å². The van der Waals surface area contributed by atoms with Gasteiger partial charge in [0, 0.05) is 25.3 Å². The third-order valence-corrected chi connectivity index (χ3v) is 3.24. The Morgan fingerprint density at radius 2 is 2.37 bits per heavy atom. The molecule has 2 rings (SSSR count). The molecule has 0 spiro atoms. The van der Waals surface area contributed by atoms with Crippen LogP contribution in [0.15, 0.2) is 18.2 Å². The number of carbonyl (C=O) groups is 1. The van der Waals surface area contributed by atoms with Crippen LogP contribution < -0.4 is 5.32 Å². The number of non-ortho nitro benzene ring substituents is 1. The molecule has 1 saturated heterocycles. The molecule has 1 amide bonds. The number of carbonyl (C=O) groups excluding carboxylic acids is 1. The van der Waals surface area contributed by atoms with Gasteiger partial charge in [0.25, 0.3) is 11.6 Å². The van der Waals surface area contributed by atoms with E-state index in [2.05, 4.69) is 5.32 Å². The lowest BCUT2D eigenvalue weighted by atomic mass is 10.2. The maximum absolute atomic E-state index is 11.9. The molecule has 19 heavy (non-hydrogen) atoms. The largest absolute Gasteiger partial charge is 0.376 e. The van der Waals surface area contributed by atoms with E-state index in [9.17, 15) is 14.9 Å². The first kappa shape index (κ1) is 13.8. The summed E-state index contributed by atoms with van der Waals surface area (Å²) in [7, 11) is 0. The predicted octanol–water partition coefficient (Wildman–Crippen LogP) is 2.16. The molecule has 0 aliphatic carbocycles. The number of nitro benzene ring substituents is 1. The average molecular weight is 285 g/mol. The fraction of sp³-hybridized carbons (Fsp3) is 0.417. The highest BCUT2D eigenvalue weighted by molar-refractivity contribution is 6.34. The zero-order valence-electron chi connectivity index (χ0n) is 10.1. The lowest BCUT2D eigenvalue weighted by Crippen LogP contribution is -2.31. The molecule has 1 fully saturated rings. The molecule has 1 atom stereocenters. The molecule has 7 heteroatoms. The molecule has 0 aromatic heterocycles. The number of hydrogen-bond acceptors (Lipinski definition) is 4. The SMILES string of the molecule is O=C(NC[C@H]1CCCO1)c1ccc([N+](=O)[O-])cc1Cl. The number of nitro groups is 1. The van der Waals surface area contributed by atoms with E-state index in [-0.39, 0.29) is 28.3 Å². The Labute approximate surface area is 114 Å². The van der Waals surface area contributed by atoms with Crippen LogP contribution in [0.25, 0.3) is 0 Å². The van der Waals surface area contributed by atoms with Crippen molar-refractivity contribution in [1.82, 2.24) is 5.32 Å². The fourth-order valence-corrected chi connectivity index (χ4v) is 2.17. The third kappa shape index (κ3) is 3.42. The molecule has 6 nitrogen and oxygen atoms in total. The van der Waals surface area contributed by atoms with E-state index in [4.69, 9.17) is 16.3 Å². The minimum atomic E-state index is -0.556. The summed E-state index contributed by atoms with van der Waals surface area (Å²) in [5.74, 6) is -0.351. The number of halogens is 1. The second-order valence-corrected chi connectivity index (χ2v) is 4.67. The van der Waals surface area contributed by atoms with E-state index in [1.165, 1.54) is 18.2 Å². The zero-order chi connectivity index (χ0) is 13.8. The average Bonchev–Trinajstić information content (AvgIpc) is 2.88. The van der Waals surface area contributed by atoms with Crippen molar-refractivity contribution >= 4 is 23.2 Å². The van der Waals surface area contributed by atoms with Gasteiger partial charge in [0.05, 0.1) is 21.6 Å². The van der Waals surface area contributed by atoms with Gasteiger partial charge in [-0.25, -0.2) is 0 Å². The molecule has 0 bridgehead atoms. The van der Waals surface area contributed by atoms with Crippen LogP contribution in [-0.4, -0.2) is 30.1 Å². The maximum Gasteiger partial charge on any atom is 0.270 e. The van der Waals surface area contributed by atoms with E-state index in [1.807, 2.05) is 0 Å². The first-order valence-electron chi connectivity index (χ1n) is 5.91. The minimum Gasteiger partial charge on any atom is -0.376 e. The molecular formula is C12H13ClN2O4. The van der Waals surface area contributed by atoms with E-state index < -0.39 is 4.92 Å². The van der Waals surface area contributed by atoms with Crippen molar-refractivity contribution in [3.63, 3.8) is 0 Å². The summed E-state index contributed by atoms with van der Waals surface area (Å²) < 4.78 is 5.38. The quantitative estimate of drug-likeness (QED) is 0.678. The Morgan fingerprint density at radius 3 is 2.95 bits per heavy atom. The van der Waals surface area contributed by atoms with Crippen LogP contribution in [0.1, 0.15) is 23.2 Å². The minimum absolute atomic E-state index is 0.0424. The van der Waals surface area contributed by atoms with Gasteiger partial charge in [-0.3, -0.25) is 14.9 Å². The second kappa shape index (κ2) is 5.99. The van der Waals surface area contributed by atoms with Crippen molar-refractivity contribution in [3.05, 3.63) is 38.9 Å². The Hall–Kier alpha value is -1.66. The summed E-state index contributed by atoms with van der Waals surface area (Å²) in [6.45, 7) is 1.14. The van der Waals surface area contributed by atoms with Gasteiger partial charge in [0.15, 0.2) is 0 Å². The fourth-order valence-electron chi connectivity index (χ4n) is 1.91. The van der Waals surface area contributed by atoms with Gasteiger partial charge in [0.2, 0.25) is 0 Å². The van der Waals surface area contributed by atoms with Crippen molar-refractivity contribution in [2.45, 2.75) is 18.9 Å². The Bertz CT molecular complexity index is 501. The number of rotatable bonds is 4. The van der Waals surface area contributed by atoms with Crippen molar-refractivity contribution in [2.24, 2.45) is 0 Å². The van der Waals surface area contributed by atoms with Crippen LogP contribution in [0.5, 0.6) is 0 Å². The summed E-state index contributed by atoms with van der Waals surface area (Å²) in [6, 6.07) is 3.78. The summed E-state index contributed by atoms with van der Waals surface area (Å²) in [6.07, 6.45) is 1.97. The maximum atomic E-state index is 11.9. The number of benzene rings is 1. The first-order chi connectivity index (χ1) is 9.08. The molecule has 0 saturated carbocycles. The number of hydrogen-bond donors (Lipinski definition) is 1. The lowest BCUT2D eigenvalue weighted by molar-refractivity contribution is -0.384. The van der Waals surface area contributed by atoms with Crippen LogP contribution in [0.4, 0.5) is 5.69 Å². The van der Waals surface area contributed by atoms with Gasteiger partial charge in [-0.05, 0) is 18.9 Å². The number of nitrogens with one attached hydrogen (secondary N) is 1. The molecule has 1 aliphatic heterocycles. The van der Waals surface area contributed by atoms with Crippen molar-refractivity contribution in [2.75, 3.05) is 13.2 Å². The Morgan fingerprint density at radius 1 is 1.58 bits per heavy atom. The molecule has 0 unspecified atom stereocenters. The van der Waals surface area contributed by atoms with E-state index in [0.29, 0.717) is 6.54 Å². The van der Waals surface area contributed by atoms with Gasteiger partial charge in [-0.2, -0.15) is 0 Å². The van der Waals surface area contributed by atoms with E-state index in [0.717, 1.165) is 19.4 Å². The summed E-state index contributed by atoms with van der Waals surface area (Å²) >= 11 is 5.87. The highest BCUT2D eigenvalue weighted by atomic mass is 35.5. The normalized spacial score (nSPS) is 18.3. The highest BCUT2D eigenvalue weighted by Gasteiger charge is 2.18. The van der Waals surface area contributed by atoms with E-state index >= 15 is 0 Å². The summed E-state index contributed by atoms with van der Waals surface area (Å²) in [5, 5.41) is 13.3. The van der Waals surface area contributed by atoms with Gasteiger partial charge >= 0.3 is 0 Å². The smallest absolute Gasteiger partial charge is 0.270 e. The van der Waals surface area contributed by atoms with Crippen LogP contribution >= 0.6 is 11.6 Å². The number of ether oxygens (including phenoxy) is 1. The Balaban J connectivity index is 2.00. The van der Waals surface area contributed by atoms with Gasteiger partial charge in [-0.1, -0.05) is 11.6 Å². The second-order valence-electron chi connectivity index (χ2n) is 4.27. The van der Waals surface area contributed by atoms with E-state index in [1.54, 1.807) is 0 Å². The molecule has 102 valence electrons. The zero-order valence-corrected chi connectivity index (χ0v) is 10.9. The Kier molecular flexibility index (Phi) is 4.34. The molecule has 1 N–H and O–H groups in total. The van der Waals surface area contributed by atoms with Crippen LogP contribution in [-0.2, 0) is 4.74 Å². The molecule has 1 heterocycles. The summed E-state index contributed by atoms with van der Waals surface area (Å²) in [5.41, 5.74) is 0.0888. The van der Waals surface area contributed by atoms with Crippen molar-refractivity contribution in [3.8, 4) is 0 Å². The van der Waals surface area contributed by atoms with Crippen molar-refractivity contribution in [1.29, 1.82) is 0 Å².